The van der Waals surface area contributed by atoms with Gasteiger partial charge < -0.3 is 15.2 Å². The van der Waals surface area contributed by atoms with Gasteiger partial charge in [0.05, 0.1) is 22.9 Å². The van der Waals surface area contributed by atoms with Crippen molar-refractivity contribution in [3.8, 4) is 0 Å². The van der Waals surface area contributed by atoms with Crippen LogP contribution in [0, 0.1) is 5.82 Å². The fourth-order valence-electron chi connectivity index (χ4n) is 2.91. The van der Waals surface area contributed by atoms with Gasteiger partial charge in [-0.1, -0.05) is 30.0 Å². The lowest BCUT2D eigenvalue weighted by Crippen LogP contribution is -2.29. The maximum atomic E-state index is 13.8. The van der Waals surface area contributed by atoms with Crippen LogP contribution in [0.3, 0.4) is 0 Å². The van der Waals surface area contributed by atoms with E-state index in [2.05, 4.69) is 20.8 Å². The van der Waals surface area contributed by atoms with Crippen molar-refractivity contribution in [3.63, 3.8) is 0 Å². The predicted molar refractivity (Wildman–Crippen MR) is 114 cm³/mol. The Bertz CT molecular complexity index is 1170. The number of carbonyl (C=O) groups is 2. The van der Waals surface area contributed by atoms with Gasteiger partial charge in [-0.25, -0.2) is 4.39 Å². The standard InChI is InChI=1S/C21H19F4N5O2S/c1-12(26-19(32)15-8-3-4-9-16(15)22)18-28-29-20(30(18)2)33-11-17(31)27-14-7-5-6-13(10-14)21(23,24)25/h3-10,12H,11H2,1-2H3,(H,26,32)(H,27,31). The van der Waals surface area contributed by atoms with Gasteiger partial charge in [-0.15, -0.1) is 10.2 Å². The Morgan fingerprint density at radius 1 is 1.12 bits per heavy atom. The van der Waals surface area contributed by atoms with E-state index in [4.69, 9.17) is 0 Å². The molecule has 3 rings (SSSR count). The van der Waals surface area contributed by atoms with Crippen LogP contribution in [0.1, 0.15) is 34.7 Å². The van der Waals surface area contributed by atoms with Crippen LogP contribution in [0.2, 0.25) is 0 Å². The first-order valence-electron chi connectivity index (χ1n) is 9.61. The first-order valence-corrected chi connectivity index (χ1v) is 10.6. The van der Waals surface area contributed by atoms with E-state index in [1.165, 1.54) is 30.3 Å². The molecule has 0 aliphatic rings. The molecule has 1 unspecified atom stereocenters. The minimum Gasteiger partial charge on any atom is -0.342 e. The number of hydrogen-bond acceptors (Lipinski definition) is 5. The van der Waals surface area contributed by atoms with E-state index in [0.29, 0.717) is 11.0 Å². The van der Waals surface area contributed by atoms with Gasteiger partial charge in [0.15, 0.2) is 11.0 Å². The van der Waals surface area contributed by atoms with E-state index in [0.717, 1.165) is 23.9 Å². The fourth-order valence-corrected chi connectivity index (χ4v) is 3.63. The maximum absolute atomic E-state index is 13.8. The van der Waals surface area contributed by atoms with Crippen LogP contribution in [-0.2, 0) is 18.0 Å². The van der Waals surface area contributed by atoms with Crippen LogP contribution < -0.4 is 10.6 Å². The van der Waals surface area contributed by atoms with Gasteiger partial charge in [-0.3, -0.25) is 9.59 Å². The highest BCUT2D eigenvalue weighted by molar-refractivity contribution is 7.99. The number of nitrogens with zero attached hydrogens (tertiary/aromatic N) is 3. The second kappa shape index (κ2) is 10.0. The summed E-state index contributed by atoms with van der Waals surface area (Å²) >= 11 is 1.02. The number of aromatic nitrogens is 3. The van der Waals surface area contributed by atoms with Crippen molar-refractivity contribution in [2.24, 2.45) is 7.05 Å². The molecule has 0 radical (unpaired) electrons. The zero-order valence-electron chi connectivity index (χ0n) is 17.5. The number of hydrogen-bond donors (Lipinski definition) is 2. The molecule has 174 valence electrons. The van der Waals surface area contributed by atoms with Gasteiger partial charge in [0.1, 0.15) is 5.82 Å². The van der Waals surface area contributed by atoms with Crippen LogP contribution in [0.4, 0.5) is 23.2 Å². The fraction of sp³-hybridized carbons (Fsp3) is 0.238. The van der Waals surface area contributed by atoms with Crippen LogP contribution in [0.25, 0.3) is 0 Å². The van der Waals surface area contributed by atoms with E-state index < -0.39 is 35.4 Å². The summed E-state index contributed by atoms with van der Waals surface area (Å²) in [5, 5.41) is 13.4. The Hall–Kier alpha value is -3.41. The SMILES string of the molecule is CC(NC(=O)c1ccccc1F)c1nnc(SCC(=O)Nc2cccc(C(F)(F)F)c2)n1C. The lowest BCUT2D eigenvalue weighted by atomic mass is 10.2. The summed E-state index contributed by atoms with van der Waals surface area (Å²) in [6.07, 6.45) is -4.51. The molecule has 3 aromatic rings. The minimum atomic E-state index is -4.51. The topological polar surface area (TPSA) is 88.9 Å². The Kier molecular flexibility index (Phi) is 7.36. The van der Waals surface area contributed by atoms with Crippen LogP contribution in [0.15, 0.2) is 53.7 Å². The number of benzene rings is 2. The average molecular weight is 481 g/mol. The molecule has 2 N–H and O–H groups in total. The van der Waals surface area contributed by atoms with Crippen molar-refractivity contribution in [2.75, 3.05) is 11.1 Å². The molecule has 0 aliphatic heterocycles. The number of thioether (sulfide) groups is 1. The highest BCUT2D eigenvalue weighted by Gasteiger charge is 2.30. The highest BCUT2D eigenvalue weighted by Crippen LogP contribution is 2.30. The average Bonchev–Trinajstić information content (AvgIpc) is 3.12. The Balaban J connectivity index is 1.59. The van der Waals surface area contributed by atoms with Gasteiger partial charge in [0, 0.05) is 12.7 Å². The van der Waals surface area contributed by atoms with E-state index >= 15 is 0 Å². The number of nitrogens with one attached hydrogen (secondary N) is 2. The molecule has 1 aromatic heterocycles. The van der Waals surface area contributed by atoms with Crippen molar-refractivity contribution >= 4 is 29.3 Å². The molecule has 0 aliphatic carbocycles. The molecule has 12 heteroatoms. The number of amides is 2. The van der Waals surface area contributed by atoms with E-state index in [-0.39, 0.29) is 17.0 Å². The summed E-state index contributed by atoms with van der Waals surface area (Å²) in [4.78, 5) is 24.5. The molecular weight excluding hydrogens is 462 g/mol. The Labute approximate surface area is 190 Å². The molecule has 1 heterocycles. The number of anilines is 1. The molecule has 2 aromatic carbocycles. The smallest absolute Gasteiger partial charge is 0.342 e. The predicted octanol–water partition coefficient (Wildman–Crippen LogP) is 4.19. The summed E-state index contributed by atoms with van der Waals surface area (Å²) in [7, 11) is 1.63. The molecule has 33 heavy (non-hydrogen) atoms. The van der Waals surface area contributed by atoms with Crippen LogP contribution in [-0.4, -0.2) is 32.3 Å². The van der Waals surface area contributed by atoms with Crippen molar-refractivity contribution in [3.05, 3.63) is 71.3 Å². The first kappa shape index (κ1) is 24.2. The van der Waals surface area contributed by atoms with Gasteiger partial charge in [-0.2, -0.15) is 13.2 Å². The zero-order chi connectivity index (χ0) is 24.2. The molecular formula is C21H19F4N5O2S. The van der Waals surface area contributed by atoms with E-state index in [1.807, 2.05) is 0 Å². The minimum absolute atomic E-state index is 0.0264. The van der Waals surface area contributed by atoms with Gasteiger partial charge in [0.2, 0.25) is 5.91 Å². The number of rotatable bonds is 7. The largest absolute Gasteiger partial charge is 0.416 e. The molecule has 0 saturated carbocycles. The lowest BCUT2D eigenvalue weighted by Gasteiger charge is -2.14. The molecule has 7 nitrogen and oxygen atoms in total. The summed E-state index contributed by atoms with van der Waals surface area (Å²) in [5.74, 6) is -1.54. The quantitative estimate of drug-likeness (QED) is 0.390. The molecule has 1 atom stereocenters. The molecule has 0 saturated heterocycles. The first-order chi connectivity index (χ1) is 15.6. The number of halogens is 4. The second-order valence-electron chi connectivity index (χ2n) is 6.99. The lowest BCUT2D eigenvalue weighted by molar-refractivity contribution is -0.137. The third-order valence-electron chi connectivity index (χ3n) is 4.53. The van der Waals surface area contributed by atoms with Crippen molar-refractivity contribution in [2.45, 2.75) is 24.3 Å². The van der Waals surface area contributed by atoms with E-state index in [9.17, 15) is 27.2 Å². The summed E-state index contributed by atoms with van der Waals surface area (Å²) in [5.41, 5.74) is -0.941. The normalized spacial score (nSPS) is 12.3. The molecule has 0 spiro atoms. The molecule has 2 amide bonds. The molecule has 0 fully saturated rings. The third kappa shape index (κ3) is 6.09. The van der Waals surface area contributed by atoms with E-state index in [1.54, 1.807) is 24.6 Å². The van der Waals surface area contributed by atoms with Gasteiger partial charge in [0.25, 0.3) is 5.91 Å². The summed E-state index contributed by atoms with van der Waals surface area (Å²) in [6.45, 7) is 1.65. The summed E-state index contributed by atoms with van der Waals surface area (Å²) in [6, 6.07) is 9.29. The highest BCUT2D eigenvalue weighted by atomic mass is 32.2. The molecule has 0 bridgehead atoms. The third-order valence-corrected chi connectivity index (χ3v) is 5.55. The Morgan fingerprint density at radius 3 is 2.55 bits per heavy atom. The Morgan fingerprint density at radius 2 is 1.85 bits per heavy atom. The second-order valence-corrected chi connectivity index (χ2v) is 7.93. The maximum Gasteiger partial charge on any atom is 0.416 e. The van der Waals surface area contributed by atoms with Crippen molar-refractivity contribution < 1.29 is 27.2 Å². The number of carbonyl (C=O) groups excluding carboxylic acids is 2. The summed E-state index contributed by atoms with van der Waals surface area (Å²) < 4.78 is 53.8. The van der Waals surface area contributed by atoms with Crippen molar-refractivity contribution in [1.29, 1.82) is 0 Å². The van der Waals surface area contributed by atoms with Crippen LogP contribution in [0.5, 0.6) is 0 Å². The van der Waals surface area contributed by atoms with Gasteiger partial charge >= 0.3 is 6.18 Å². The van der Waals surface area contributed by atoms with Crippen molar-refractivity contribution in [1.82, 2.24) is 20.1 Å². The zero-order valence-corrected chi connectivity index (χ0v) is 18.3. The number of alkyl halides is 3. The van der Waals surface area contributed by atoms with Gasteiger partial charge in [-0.05, 0) is 37.3 Å². The monoisotopic (exact) mass is 481 g/mol. The van der Waals surface area contributed by atoms with Crippen LogP contribution >= 0.6 is 11.8 Å².